The highest BCUT2D eigenvalue weighted by molar-refractivity contribution is 5.92. The minimum absolute atomic E-state index is 0.0176. The van der Waals surface area contributed by atoms with Gasteiger partial charge >= 0.3 is 11.9 Å². The molecule has 1 aromatic carbocycles. The molecule has 7 atom stereocenters. The van der Waals surface area contributed by atoms with Crippen LogP contribution in [0.25, 0.3) is 0 Å². The van der Waals surface area contributed by atoms with Gasteiger partial charge in [-0.25, -0.2) is 4.79 Å². The van der Waals surface area contributed by atoms with Crippen molar-refractivity contribution < 1.29 is 28.5 Å². The van der Waals surface area contributed by atoms with Gasteiger partial charge in [0.2, 0.25) is 6.29 Å². The molecule has 4 unspecified atom stereocenters. The molecule has 0 aromatic heterocycles. The van der Waals surface area contributed by atoms with Crippen LogP contribution in [0.15, 0.2) is 42.2 Å². The number of carbonyl (C=O) groups is 2. The van der Waals surface area contributed by atoms with Crippen LogP contribution in [0.1, 0.15) is 30.6 Å². The Morgan fingerprint density at radius 1 is 1.21 bits per heavy atom. The summed E-state index contributed by atoms with van der Waals surface area (Å²) in [6.07, 6.45) is 6.42. The second kappa shape index (κ2) is 5.65. The number of benzene rings is 1. The second-order valence-electron chi connectivity index (χ2n) is 8.85. The molecule has 2 aliphatic heterocycles. The zero-order valence-electron chi connectivity index (χ0n) is 16.3. The molecule has 2 bridgehead atoms. The minimum Gasteiger partial charge on any atom is -0.496 e. The largest absolute Gasteiger partial charge is 0.496 e. The Kier molecular flexibility index (Phi) is 3.34. The van der Waals surface area contributed by atoms with Gasteiger partial charge in [0, 0.05) is 11.5 Å². The third-order valence-corrected chi connectivity index (χ3v) is 7.66. The van der Waals surface area contributed by atoms with Crippen LogP contribution in [0.3, 0.4) is 0 Å². The minimum atomic E-state index is -0.662. The smallest absolute Gasteiger partial charge is 0.338 e. The second-order valence-corrected chi connectivity index (χ2v) is 8.85. The van der Waals surface area contributed by atoms with Crippen molar-refractivity contribution in [2.75, 3.05) is 7.11 Å². The summed E-state index contributed by atoms with van der Waals surface area (Å²) in [5.41, 5.74) is 2.03. The Morgan fingerprint density at radius 3 is 2.90 bits per heavy atom. The molecule has 0 amide bonds. The molecule has 0 N–H and O–H groups in total. The van der Waals surface area contributed by atoms with Gasteiger partial charge in [0.1, 0.15) is 11.9 Å². The Bertz CT molecular complexity index is 993. The maximum absolute atomic E-state index is 12.6. The van der Waals surface area contributed by atoms with Crippen LogP contribution in [0.2, 0.25) is 0 Å². The van der Waals surface area contributed by atoms with E-state index in [9.17, 15) is 9.59 Å². The molecular formula is C23H22O6. The Labute approximate surface area is 168 Å². The van der Waals surface area contributed by atoms with Crippen molar-refractivity contribution in [3.8, 4) is 5.75 Å². The van der Waals surface area contributed by atoms with E-state index in [1.807, 2.05) is 25.1 Å². The Balaban J connectivity index is 1.28. The van der Waals surface area contributed by atoms with Crippen LogP contribution in [0.4, 0.5) is 0 Å². The molecule has 3 aliphatic carbocycles. The quantitative estimate of drug-likeness (QED) is 0.340. The summed E-state index contributed by atoms with van der Waals surface area (Å²) in [5.74, 6) is 0.517. The number of allylic oxidation sites excluding steroid dienone is 2. The number of methoxy groups -OCH3 is 1. The van der Waals surface area contributed by atoms with E-state index in [1.54, 1.807) is 7.11 Å². The van der Waals surface area contributed by atoms with Crippen LogP contribution >= 0.6 is 0 Å². The normalized spacial score (nSPS) is 41.9. The first-order valence-corrected chi connectivity index (χ1v) is 10.1. The van der Waals surface area contributed by atoms with Crippen molar-refractivity contribution in [3.05, 3.63) is 53.3 Å². The van der Waals surface area contributed by atoms with E-state index < -0.39 is 11.7 Å². The molecule has 0 spiro atoms. The lowest BCUT2D eigenvalue weighted by Crippen LogP contribution is -2.35. The molecule has 5 aliphatic rings. The van der Waals surface area contributed by atoms with Crippen LogP contribution in [-0.2, 0) is 30.2 Å². The van der Waals surface area contributed by atoms with Gasteiger partial charge in [0.05, 0.1) is 30.3 Å². The summed E-state index contributed by atoms with van der Waals surface area (Å²) in [7, 11) is 1.62. The standard InChI is InChI=1S/C23H22O6/c1-23-13-7-6-12(8-13)18(23)21(29-22(23)25)27-10-15-14-9-11-4-3-5-16(26-2)17(11)19(14)28-20(15)24/h3-7,10,12-14,18-19,21H,8-9H2,1-2H3/t12-,13+,14?,18?,19?,21?,23+/m1/s1. The Morgan fingerprint density at radius 2 is 2.07 bits per heavy atom. The average Bonchev–Trinajstić information content (AvgIpc) is 3.47. The van der Waals surface area contributed by atoms with E-state index in [0.29, 0.717) is 12.0 Å². The van der Waals surface area contributed by atoms with Crippen LogP contribution in [0.5, 0.6) is 5.75 Å². The molecule has 150 valence electrons. The summed E-state index contributed by atoms with van der Waals surface area (Å²) in [6, 6.07) is 5.87. The molecule has 1 aromatic rings. The lowest BCUT2D eigenvalue weighted by Gasteiger charge is -2.28. The lowest BCUT2D eigenvalue weighted by atomic mass is 9.71. The molecule has 1 saturated carbocycles. The van der Waals surface area contributed by atoms with Gasteiger partial charge in [-0.05, 0) is 43.2 Å². The molecule has 3 fully saturated rings. The third-order valence-electron chi connectivity index (χ3n) is 7.66. The van der Waals surface area contributed by atoms with Crippen molar-refractivity contribution in [2.24, 2.45) is 29.1 Å². The summed E-state index contributed by atoms with van der Waals surface area (Å²) in [6.45, 7) is 1.98. The van der Waals surface area contributed by atoms with Gasteiger partial charge in [0.15, 0.2) is 0 Å². The van der Waals surface area contributed by atoms with Crippen LogP contribution in [0, 0.1) is 29.1 Å². The van der Waals surface area contributed by atoms with Gasteiger partial charge in [-0.3, -0.25) is 4.79 Å². The van der Waals surface area contributed by atoms with E-state index in [2.05, 4.69) is 12.2 Å². The fourth-order valence-corrected chi connectivity index (χ4v) is 6.16. The number of esters is 2. The molecule has 29 heavy (non-hydrogen) atoms. The van der Waals surface area contributed by atoms with Gasteiger partial charge < -0.3 is 18.9 Å². The SMILES string of the molecule is COc1cccc2c1C1OC(=O)C(=COC3OC(=O)[C@]4(C)C3[C@@H]3C=C[C@H]4C3)C1C2. The van der Waals surface area contributed by atoms with Crippen molar-refractivity contribution in [2.45, 2.75) is 32.2 Å². The topological polar surface area (TPSA) is 71.1 Å². The Hall–Kier alpha value is -2.76. The van der Waals surface area contributed by atoms with Gasteiger partial charge in [-0.2, -0.15) is 0 Å². The van der Waals surface area contributed by atoms with E-state index in [-0.39, 0.29) is 41.7 Å². The first-order valence-electron chi connectivity index (χ1n) is 10.1. The zero-order valence-corrected chi connectivity index (χ0v) is 16.3. The molecular weight excluding hydrogens is 372 g/mol. The predicted octanol–water partition coefficient (Wildman–Crippen LogP) is 3.08. The highest BCUT2D eigenvalue weighted by Crippen LogP contribution is 2.61. The fourth-order valence-electron chi connectivity index (χ4n) is 6.16. The van der Waals surface area contributed by atoms with Gasteiger partial charge in [-0.15, -0.1) is 0 Å². The average molecular weight is 394 g/mol. The summed E-state index contributed by atoms with van der Waals surface area (Å²) in [5, 5.41) is 0. The highest BCUT2D eigenvalue weighted by atomic mass is 16.7. The van der Waals surface area contributed by atoms with Gasteiger partial charge in [-0.1, -0.05) is 24.3 Å². The lowest BCUT2D eigenvalue weighted by molar-refractivity contribution is -0.161. The molecule has 6 rings (SSSR count). The van der Waals surface area contributed by atoms with Crippen LogP contribution < -0.4 is 4.74 Å². The third kappa shape index (κ3) is 2.07. The molecule has 2 saturated heterocycles. The van der Waals surface area contributed by atoms with E-state index in [0.717, 1.165) is 23.3 Å². The monoisotopic (exact) mass is 394 g/mol. The highest BCUT2D eigenvalue weighted by Gasteiger charge is 2.67. The molecule has 6 nitrogen and oxygen atoms in total. The number of rotatable bonds is 3. The number of hydrogen-bond acceptors (Lipinski definition) is 6. The predicted molar refractivity (Wildman–Crippen MR) is 100 cm³/mol. The number of fused-ring (bicyclic) bond motifs is 8. The van der Waals surface area contributed by atoms with Crippen molar-refractivity contribution in [3.63, 3.8) is 0 Å². The van der Waals surface area contributed by atoms with E-state index in [1.165, 1.54) is 6.26 Å². The van der Waals surface area contributed by atoms with E-state index in [4.69, 9.17) is 18.9 Å². The number of hydrogen-bond donors (Lipinski definition) is 0. The van der Waals surface area contributed by atoms with E-state index >= 15 is 0 Å². The van der Waals surface area contributed by atoms with Crippen molar-refractivity contribution in [1.82, 2.24) is 0 Å². The zero-order chi connectivity index (χ0) is 19.9. The van der Waals surface area contributed by atoms with Gasteiger partial charge in [0.25, 0.3) is 0 Å². The molecule has 0 radical (unpaired) electrons. The fraction of sp³-hybridized carbons (Fsp3) is 0.478. The number of cyclic esters (lactones) is 1. The van der Waals surface area contributed by atoms with Crippen molar-refractivity contribution >= 4 is 11.9 Å². The molecule has 2 heterocycles. The molecule has 6 heteroatoms. The maximum Gasteiger partial charge on any atom is 0.338 e. The number of ether oxygens (including phenoxy) is 4. The maximum atomic E-state index is 12.6. The van der Waals surface area contributed by atoms with Crippen molar-refractivity contribution in [1.29, 1.82) is 0 Å². The van der Waals surface area contributed by atoms with Crippen LogP contribution in [-0.4, -0.2) is 25.3 Å². The summed E-state index contributed by atoms with van der Waals surface area (Å²) in [4.78, 5) is 25.1. The number of carbonyl (C=O) groups excluding carboxylic acids is 2. The summed E-state index contributed by atoms with van der Waals surface area (Å²) < 4.78 is 22.7. The summed E-state index contributed by atoms with van der Waals surface area (Å²) >= 11 is 0. The first kappa shape index (κ1) is 17.1. The first-order chi connectivity index (χ1) is 14.0.